The minimum atomic E-state index is -0.879. The van der Waals surface area contributed by atoms with Gasteiger partial charge in [-0.05, 0) is 29.8 Å². The van der Waals surface area contributed by atoms with Gasteiger partial charge >= 0.3 is 5.97 Å². The van der Waals surface area contributed by atoms with Gasteiger partial charge in [0.05, 0.1) is 16.1 Å². The lowest BCUT2D eigenvalue weighted by Crippen LogP contribution is -2.01. The lowest BCUT2D eigenvalue weighted by Gasteiger charge is -1.88. The zero-order valence-electron chi connectivity index (χ0n) is 11.7. The molecule has 3 N–H and O–H groups in total. The molecule has 0 fully saturated rings. The molecule has 22 heavy (non-hydrogen) atoms. The molecule has 1 amide bonds. The maximum atomic E-state index is 10.2. The molecule has 0 aromatic heterocycles. The monoisotopic (exact) mass is 302 g/mol. The molecule has 1 aromatic carbocycles. The molecule has 0 bridgehead atoms. The summed E-state index contributed by atoms with van der Waals surface area (Å²) in [6.07, 6.45) is 0. The Morgan fingerprint density at radius 3 is 1.91 bits per heavy atom. The van der Waals surface area contributed by atoms with Crippen molar-refractivity contribution in [2.24, 2.45) is 5.73 Å². The van der Waals surface area contributed by atoms with Crippen LogP contribution in [0.4, 0.5) is 5.69 Å². The number of nitrogens with two attached hydrogens (primary N) is 1. The number of nitro groups is 1. The van der Waals surface area contributed by atoms with E-state index in [0.29, 0.717) is 5.56 Å². The van der Waals surface area contributed by atoms with Crippen LogP contribution in [0.15, 0.2) is 48.5 Å². The standard InChI is InChI=1S/C7H6O2.C6H3NO2.C2H5NO/c8-7(9)6-4-2-1-3-5-6;8-7(9)6-2-1-4-3-5(4)6;1-2(3)4/h1-5H,(H,8,9);1-3H;1H3,(H2,3,4). The normalized spacial score (nSPS) is 9.32. The number of rotatable bonds is 2. The molecule has 0 saturated carbocycles. The number of fused-ring (bicyclic) bond motifs is 1. The van der Waals surface area contributed by atoms with Crippen LogP contribution >= 0.6 is 0 Å². The molecule has 1 aromatic rings. The Balaban J connectivity index is 0.000000179. The summed E-state index contributed by atoms with van der Waals surface area (Å²) in [5.41, 5.74) is 6.87. The number of hydrogen-bond acceptors (Lipinski definition) is 4. The zero-order chi connectivity index (χ0) is 16.7. The van der Waals surface area contributed by atoms with E-state index >= 15 is 0 Å². The van der Waals surface area contributed by atoms with Gasteiger partial charge in [0.2, 0.25) is 5.91 Å². The molecule has 2 aliphatic rings. The highest BCUT2D eigenvalue weighted by molar-refractivity contribution is 5.89. The SMILES string of the molecule is CC(N)=O.O=C(O)c1ccccc1.O=[N+]([O-])c1ccc2cc1-2. The van der Waals surface area contributed by atoms with Gasteiger partial charge in [0, 0.05) is 13.0 Å². The summed E-state index contributed by atoms with van der Waals surface area (Å²) in [6.45, 7) is 1.31. The fourth-order valence-corrected chi connectivity index (χ4v) is 1.48. The van der Waals surface area contributed by atoms with Crippen LogP contribution < -0.4 is 5.73 Å². The van der Waals surface area contributed by atoms with Gasteiger partial charge in [-0.25, -0.2) is 4.79 Å². The van der Waals surface area contributed by atoms with E-state index in [0.717, 1.165) is 11.1 Å². The van der Waals surface area contributed by atoms with Crippen LogP contribution in [0.5, 0.6) is 0 Å². The number of carbonyl (C=O) groups excluding carboxylic acids is 1. The van der Waals surface area contributed by atoms with Crippen molar-refractivity contribution in [3.8, 4) is 11.1 Å². The van der Waals surface area contributed by atoms with E-state index in [2.05, 4.69) is 5.73 Å². The lowest BCUT2D eigenvalue weighted by molar-refractivity contribution is -0.383. The van der Waals surface area contributed by atoms with Crippen LogP contribution in [0.3, 0.4) is 0 Å². The molecule has 7 heteroatoms. The molecular weight excluding hydrogens is 288 g/mol. The molecule has 2 aliphatic carbocycles. The number of hydrogen-bond donors (Lipinski definition) is 2. The summed E-state index contributed by atoms with van der Waals surface area (Å²) >= 11 is 0. The van der Waals surface area contributed by atoms with Gasteiger partial charge in [-0.3, -0.25) is 14.9 Å². The smallest absolute Gasteiger partial charge is 0.335 e. The van der Waals surface area contributed by atoms with E-state index in [4.69, 9.17) is 5.11 Å². The Kier molecular flexibility index (Phi) is 5.76. The highest BCUT2D eigenvalue weighted by Crippen LogP contribution is 2.42. The minimum Gasteiger partial charge on any atom is -0.478 e. The number of carboxylic acid groups (broad SMARTS) is 1. The third-order valence-electron chi connectivity index (χ3n) is 2.44. The van der Waals surface area contributed by atoms with Crippen molar-refractivity contribution in [2.75, 3.05) is 0 Å². The van der Waals surface area contributed by atoms with Crippen molar-refractivity contribution in [3.05, 3.63) is 64.2 Å². The molecule has 0 radical (unpaired) electrons. The second-order valence-corrected chi connectivity index (χ2v) is 4.27. The van der Waals surface area contributed by atoms with Crippen LogP contribution in [0.1, 0.15) is 17.3 Å². The van der Waals surface area contributed by atoms with Gasteiger partial charge in [-0.1, -0.05) is 18.2 Å². The molecule has 0 spiro atoms. The average Bonchev–Trinajstić information content (AvgIpc) is 3.09. The maximum absolute atomic E-state index is 10.2. The number of nitrogens with zero attached hydrogens (tertiary/aromatic N) is 1. The van der Waals surface area contributed by atoms with Crippen molar-refractivity contribution in [2.45, 2.75) is 6.92 Å². The van der Waals surface area contributed by atoms with E-state index in [1.54, 1.807) is 42.5 Å². The van der Waals surface area contributed by atoms with Crippen LogP contribution in [-0.2, 0) is 4.79 Å². The van der Waals surface area contributed by atoms with Gasteiger partial charge in [-0.2, -0.15) is 0 Å². The fraction of sp³-hybridized carbons (Fsp3) is 0.0667. The highest BCUT2D eigenvalue weighted by atomic mass is 16.6. The van der Waals surface area contributed by atoms with Gasteiger partial charge < -0.3 is 10.8 Å². The summed E-state index contributed by atoms with van der Waals surface area (Å²) in [7, 11) is 0. The number of benzene rings is 2. The molecular formula is C15H14N2O5. The predicted octanol–water partition coefficient (Wildman–Crippen LogP) is 2.45. The van der Waals surface area contributed by atoms with E-state index < -0.39 is 5.97 Å². The number of amides is 1. The summed E-state index contributed by atoms with van der Waals surface area (Å²) < 4.78 is 0. The fourth-order valence-electron chi connectivity index (χ4n) is 1.48. The maximum Gasteiger partial charge on any atom is 0.335 e. The summed E-state index contributed by atoms with van der Waals surface area (Å²) in [5, 5.41) is 18.5. The van der Waals surface area contributed by atoms with Crippen LogP contribution in [-0.4, -0.2) is 21.9 Å². The first-order valence-corrected chi connectivity index (χ1v) is 6.16. The number of carbonyl (C=O) groups is 2. The topological polar surface area (TPSA) is 124 Å². The van der Waals surface area contributed by atoms with Crippen molar-refractivity contribution < 1.29 is 19.6 Å². The highest BCUT2D eigenvalue weighted by Gasteiger charge is 2.24. The van der Waals surface area contributed by atoms with Crippen LogP contribution in [0.25, 0.3) is 11.1 Å². The Bertz CT molecular complexity index is 694. The van der Waals surface area contributed by atoms with Crippen molar-refractivity contribution in [1.82, 2.24) is 0 Å². The van der Waals surface area contributed by atoms with Crippen molar-refractivity contribution >= 4 is 17.6 Å². The average molecular weight is 302 g/mol. The predicted molar refractivity (Wildman–Crippen MR) is 80.4 cm³/mol. The Morgan fingerprint density at radius 2 is 1.68 bits per heavy atom. The van der Waals surface area contributed by atoms with E-state index in [-0.39, 0.29) is 16.5 Å². The van der Waals surface area contributed by atoms with Crippen LogP contribution in [0.2, 0.25) is 0 Å². The third kappa shape index (κ3) is 5.41. The summed E-state index contributed by atoms with van der Waals surface area (Å²) in [6, 6.07) is 13.4. The first-order chi connectivity index (χ1) is 10.3. The van der Waals surface area contributed by atoms with Gasteiger partial charge in [-0.15, -0.1) is 0 Å². The first-order valence-electron chi connectivity index (χ1n) is 6.16. The van der Waals surface area contributed by atoms with Gasteiger partial charge in [0.15, 0.2) is 0 Å². The minimum absolute atomic E-state index is 0.241. The van der Waals surface area contributed by atoms with Crippen molar-refractivity contribution in [1.29, 1.82) is 0 Å². The molecule has 0 unspecified atom stereocenters. The van der Waals surface area contributed by atoms with Gasteiger partial charge in [0.25, 0.3) is 5.69 Å². The van der Waals surface area contributed by atoms with Crippen molar-refractivity contribution in [3.63, 3.8) is 0 Å². The van der Waals surface area contributed by atoms with Gasteiger partial charge in [0.1, 0.15) is 0 Å². The third-order valence-corrected chi connectivity index (χ3v) is 2.44. The molecule has 3 rings (SSSR count). The van der Waals surface area contributed by atoms with E-state index in [1.807, 2.05) is 0 Å². The lowest BCUT2D eigenvalue weighted by atomic mass is 10.2. The summed E-state index contributed by atoms with van der Waals surface area (Å²) in [5.74, 6) is -1.21. The largest absolute Gasteiger partial charge is 0.478 e. The second kappa shape index (κ2) is 7.53. The molecule has 0 heterocycles. The zero-order valence-corrected chi connectivity index (χ0v) is 11.7. The quantitative estimate of drug-likeness (QED) is 0.555. The number of nitro benzene ring substituents is 1. The summed E-state index contributed by atoms with van der Waals surface area (Å²) in [4.78, 5) is 29.2. The second-order valence-electron chi connectivity index (χ2n) is 4.27. The molecule has 0 aliphatic heterocycles. The molecule has 0 atom stereocenters. The first kappa shape index (κ1) is 16.8. The molecule has 7 nitrogen and oxygen atoms in total. The van der Waals surface area contributed by atoms with E-state index in [9.17, 15) is 19.7 Å². The van der Waals surface area contributed by atoms with Crippen LogP contribution in [0, 0.1) is 10.1 Å². The number of aromatic carboxylic acids is 1. The number of primary amides is 1. The Morgan fingerprint density at radius 1 is 1.14 bits per heavy atom. The van der Waals surface area contributed by atoms with E-state index in [1.165, 1.54) is 13.0 Å². The molecule has 0 saturated heterocycles. The Labute approximate surface area is 126 Å². The molecule has 114 valence electrons. The Hall–Kier alpha value is -3.22. The number of carboxylic acids is 1.